The Balaban J connectivity index is 1.98. The third kappa shape index (κ3) is 3.65. The lowest BCUT2D eigenvalue weighted by atomic mass is 9.79. The fraction of sp³-hybridized carbons (Fsp3) is 0.278. The van der Waals surface area contributed by atoms with Crippen LogP contribution in [0.15, 0.2) is 55.1 Å². The third-order valence-electron chi connectivity index (χ3n) is 4.46. The summed E-state index contributed by atoms with van der Waals surface area (Å²) in [7, 11) is 0. The van der Waals surface area contributed by atoms with E-state index in [-0.39, 0.29) is 6.42 Å². The van der Waals surface area contributed by atoms with Crippen LogP contribution in [-0.4, -0.2) is 35.7 Å². The van der Waals surface area contributed by atoms with Crippen LogP contribution >= 0.6 is 11.6 Å². The quantitative estimate of drug-likeness (QED) is 0.710. The lowest BCUT2D eigenvalue weighted by molar-refractivity contribution is -0.0229. The van der Waals surface area contributed by atoms with Crippen molar-refractivity contribution in [2.24, 2.45) is 0 Å². The van der Waals surface area contributed by atoms with Crippen molar-refractivity contribution in [3.8, 4) is 0 Å². The Kier molecular flexibility index (Phi) is 4.74. The number of nitrogens with zero attached hydrogens (tertiary/aromatic N) is 4. The molecule has 0 amide bonds. The van der Waals surface area contributed by atoms with Crippen LogP contribution in [0.1, 0.15) is 25.2 Å². The highest BCUT2D eigenvalue weighted by molar-refractivity contribution is 6.30. The number of benzene rings is 1. The van der Waals surface area contributed by atoms with E-state index in [1.165, 1.54) is 6.33 Å². The molecule has 0 saturated heterocycles. The summed E-state index contributed by atoms with van der Waals surface area (Å²) in [6.45, 7) is 3.87. The molecular weight excluding hydrogens is 338 g/mol. The number of halogens is 1. The number of hydrogen-bond donors (Lipinski definition) is 2. The lowest BCUT2D eigenvalue weighted by Gasteiger charge is -2.40. The maximum atomic E-state index is 11.5. The van der Waals surface area contributed by atoms with Crippen LogP contribution in [0.4, 0.5) is 0 Å². The third-order valence-corrected chi connectivity index (χ3v) is 4.71. The first-order valence-corrected chi connectivity index (χ1v) is 8.30. The Bertz CT molecular complexity index is 825. The van der Waals surface area contributed by atoms with E-state index in [1.807, 2.05) is 56.5 Å². The molecule has 130 valence electrons. The van der Waals surface area contributed by atoms with Crippen molar-refractivity contribution >= 4 is 17.7 Å². The second kappa shape index (κ2) is 6.82. The molecule has 0 aliphatic heterocycles. The van der Waals surface area contributed by atoms with Crippen LogP contribution in [0.5, 0.6) is 0 Å². The second-order valence-electron chi connectivity index (χ2n) is 6.43. The summed E-state index contributed by atoms with van der Waals surface area (Å²) in [4.78, 5) is 4.16. The van der Waals surface area contributed by atoms with E-state index in [0.717, 1.165) is 5.56 Å². The highest BCUT2D eigenvalue weighted by Gasteiger charge is 2.44. The molecule has 25 heavy (non-hydrogen) atoms. The zero-order valence-corrected chi connectivity index (χ0v) is 14.9. The van der Waals surface area contributed by atoms with Gasteiger partial charge in [0.15, 0.2) is 0 Å². The highest BCUT2D eigenvalue weighted by Crippen LogP contribution is 2.33. The van der Waals surface area contributed by atoms with Gasteiger partial charge in [0, 0.05) is 23.8 Å². The van der Waals surface area contributed by atoms with Crippen molar-refractivity contribution in [2.75, 3.05) is 0 Å². The summed E-state index contributed by atoms with van der Waals surface area (Å²) in [5, 5.41) is 23.2. The topological polar surface area (TPSA) is 79.6 Å². The van der Waals surface area contributed by atoms with Crippen LogP contribution in [0.25, 0.3) is 6.08 Å². The van der Waals surface area contributed by atoms with Crippen LogP contribution in [0, 0.1) is 0 Å². The van der Waals surface area contributed by atoms with E-state index in [1.54, 1.807) is 17.0 Å². The fourth-order valence-electron chi connectivity index (χ4n) is 2.66. The molecule has 2 heterocycles. The fourth-order valence-corrected chi connectivity index (χ4v) is 2.78. The molecule has 0 fully saturated rings. The second-order valence-corrected chi connectivity index (χ2v) is 6.86. The van der Waals surface area contributed by atoms with Crippen molar-refractivity contribution < 1.29 is 5.11 Å². The number of H-pyrrole nitrogens is 1. The van der Waals surface area contributed by atoms with E-state index < -0.39 is 11.1 Å². The van der Waals surface area contributed by atoms with Crippen LogP contribution in [-0.2, 0) is 12.0 Å². The molecule has 0 aliphatic rings. The molecule has 0 spiro atoms. The molecule has 7 heteroatoms. The highest BCUT2D eigenvalue weighted by atomic mass is 35.5. The van der Waals surface area contributed by atoms with Gasteiger partial charge in [0.1, 0.15) is 17.8 Å². The number of nitrogens with one attached hydrogen (secondary N) is 1. The smallest absolute Gasteiger partial charge is 0.137 e. The van der Waals surface area contributed by atoms with E-state index in [4.69, 9.17) is 11.6 Å². The van der Waals surface area contributed by atoms with Crippen molar-refractivity contribution in [2.45, 2.75) is 31.4 Å². The molecule has 0 aliphatic carbocycles. The van der Waals surface area contributed by atoms with Crippen molar-refractivity contribution in [1.82, 2.24) is 25.0 Å². The van der Waals surface area contributed by atoms with E-state index in [2.05, 4.69) is 20.3 Å². The maximum Gasteiger partial charge on any atom is 0.137 e. The molecule has 2 aromatic heterocycles. The molecule has 3 aromatic rings. The maximum absolute atomic E-state index is 11.5. The van der Waals surface area contributed by atoms with E-state index in [0.29, 0.717) is 10.8 Å². The van der Waals surface area contributed by atoms with Crippen LogP contribution in [0.3, 0.4) is 0 Å². The van der Waals surface area contributed by atoms with Crippen molar-refractivity contribution in [3.05, 3.63) is 71.5 Å². The first-order valence-electron chi connectivity index (χ1n) is 7.92. The molecule has 1 unspecified atom stereocenters. The molecule has 0 saturated carbocycles. The number of rotatable bonds is 6. The summed E-state index contributed by atoms with van der Waals surface area (Å²) in [5.74, 6) is 0.600. The number of aromatic amines is 1. The molecule has 3 rings (SSSR count). The zero-order valence-electron chi connectivity index (χ0n) is 14.1. The van der Waals surface area contributed by atoms with Gasteiger partial charge in [-0.3, -0.25) is 9.78 Å². The van der Waals surface area contributed by atoms with E-state index >= 15 is 0 Å². The van der Waals surface area contributed by atoms with Crippen molar-refractivity contribution in [1.29, 1.82) is 0 Å². The predicted molar refractivity (Wildman–Crippen MR) is 97.1 cm³/mol. The summed E-state index contributed by atoms with van der Waals surface area (Å²) in [6, 6.07) is 9.26. The first kappa shape index (κ1) is 17.4. The van der Waals surface area contributed by atoms with Gasteiger partial charge in [-0.1, -0.05) is 29.8 Å². The summed E-state index contributed by atoms with van der Waals surface area (Å²) in [6.07, 6.45) is 8.88. The summed E-state index contributed by atoms with van der Waals surface area (Å²) < 4.78 is 1.75. The average molecular weight is 358 g/mol. The van der Waals surface area contributed by atoms with Gasteiger partial charge in [-0.05, 0) is 43.7 Å². The minimum absolute atomic E-state index is 0.268. The van der Waals surface area contributed by atoms with Gasteiger partial charge >= 0.3 is 0 Å². The van der Waals surface area contributed by atoms with Gasteiger partial charge in [0.05, 0.1) is 5.54 Å². The molecule has 0 bridgehead atoms. The normalized spacial score (nSPS) is 14.7. The van der Waals surface area contributed by atoms with E-state index in [9.17, 15) is 5.11 Å². The Morgan fingerprint density at radius 3 is 2.64 bits per heavy atom. The van der Waals surface area contributed by atoms with Gasteiger partial charge in [-0.15, -0.1) is 0 Å². The van der Waals surface area contributed by atoms with Crippen LogP contribution < -0.4 is 0 Å². The van der Waals surface area contributed by atoms with Gasteiger partial charge in [-0.2, -0.15) is 10.2 Å². The molecule has 6 nitrogen and oxygen atoms in total. The van der Waals surface area contributed by atoms with Gasteiger partial charge < -0.3 is 5.11 Å². The number of hydrogen-bond acceptors (Lipinski definition) is 4. The largest absolute Gasteiger partial charge is 0.383 e. The lowest BCUT2D eigenvalue weighted by Crippen LogP contribution is -2.52. The minimum Gasteiger partial charge on any atom is -0.383 e. The predicted octanol–water partition coefficient (Wildman–Crippen LogP) is 3.08. The molecule has 1 aromatic carbocycles. The molecule has 1 atom stereocenters. The Hall–Kier alpha value is -2.44. The standard InChI is InChI=1S/C18H20ClN5O/c1-17(2,24-11-3-10-22-24)18(25,12-16-20-13-21-23-16)9-8-14-4-6-15(19)7-5-14/h3-11,13,25H,12H2,1-2H3,(H,20,21,23). The molecule has 2 N–H and O–H groups in total. The Morgan fingerprint density at radius 1 is 1.28 bits per heavy atom. The Labute approximate surface area is 151 Å². The molecular formula is C18H20ClN5O. The Morgan fingerprint density at radius 2 is 2.04 bits per heavy atom. The summed E-state index contributed by atoms with van der Waals surface area (Å²) >= 11 is 5.93. The van der Waals surface area contributed by atoms with Gasteiger partial charge in [0.25, 0.3) is 0 Å². The van der Waals surface area contributed by atoms with Gasteiger partial charge in [-0.25, -0.2) is 4.98 Å². The van der Waals surface area contributed by atoms with Crippen LogP contribution in [0.2, 0.25) is 5.02 Å². The van der Waals surface area contributed by atoms with Crippen molar-refractivity contribution in [3.63, 3.8) is 0 Å². The monoisotopic (exact) mass is 357 g/mol. The van der Waals surface area contributed by atoms with Gasteiger partial charge in [0.2, 0.25) is 0 Å². The summed E-state index contributed by atoms with van der Waals surface area (Å²) in [5.41, 5.74) is -1.03. The number of aromatic nitrogens is 5. The minimum atomic E-state index is -1.25. The first-order chi connectivity index (χ1) is 11.9. The molecule has 0 radical (unpaired) electrons. The average Bonchev–Trinajstić information content (AvgIpc) is 3.28. The SMILES string of the molecule is CC(C)(n1cccn1)C(O)(C=Cc1ccc(Cl)cc1)Cc1ncn[nH]1. The zero-order chi connectivity index (χ0) is 17.9. The number of aliphatic hydroxyl groups is 1.